The van der Waals surface area contributed by atoms with Crippen molar-refractivity contribution in [2.75, 3.05) is 26.9 Å². The molecule has 1 atom stereocenters. The van der Waals surface area contributed by atoms with Crippen molar-refractivity contribution in [2.24, 2.45) is 10.9 Å². The van der Waals surface area contributed by atoms with Crippen molar-refractivity contribution >= 4 is 29.9 Å². The Balaban J connectivity index is 0.00000289. The molecule has 0 amide bonds. The topological polar surface area (TPSA) is 85.6 Å². The molecule has 4 rings (SSSR count). The molecule has 8 nitrogen and oxygen atoms in total. The summed E-state index contributed by atoms with van der Waals surface area (Å²) in [6, 6.07) is 6.34. The molecule has 0 spiro atoms. The Morgan fingerprint density at radius 2 is 2.09 bits per heavy atom. The zero-order valence-corrected chi connectivity index (χ0v) is 21.4. The van der Waals surface area contributed by atoms with Gasteiger partial charge in [-0.2, -0.15) is 0 Å². The number of fused-ring (bicyclic) bond motifs is 1. The summed E-state index contributed by atoms with van der Waals surface area (Å²) in [5.74, 6) is 4.22. The summed E-state index contributed by atoms with van der Waals surface area (Å²) < 4.78 is 13.9. The van der Waals surface area contributed by atoms with E-state index in [1.54, 1.807) is 7.05 Å². The molecule has 176 valence electrons. The number of aromatic nitrogens is 3. The molecule has 0 saturated carbocycles. The van der Waals surface area contributed by atoms with Gasteiger partial charge in [-0.25, -0.2) is 0 Å². The van der Waals surface area contributed by atoms with Gasteiger partial charge in [0, 0.05) is 44.6 Å². The van der Waals surface area contributed by atoms with E-state index >= 15 is 0 Å². The maximum atomic E-state index is 6.16. The van der Waals surface area contributed by atoms with Crippen molar-refractivity contribution < 1.29 is 9.47 Å². The number of aryl methyl sites for hydroxylation is 2. The average molecular weight is 554 g/mol. The van der Waals surface area contributed by atoms with Gasteiger partial charge in [0.25, 0.3) is 0 Å². The number of nitrogens with one attached hydrogen (secondary N) is 2. The minimum absolute atomic E-state index is 0. The quantitative estimate of drug-likeness (QED) is 0.311. The van der Waals surface area contributed by atoms with Gasteiger partial charge < -0.3 is 24.7 Å². The lowest BCUT2D eigenvalue weighted by atomic mass is 10.1. The highest BCUT2D eigenvalue weighted by atomic mass is 127. The number of hydrogen-bond acceptors (Lipinski definition) is 5. The Hall–Kier alpha value is -1.88. The van der Waals surface area contributed by atoms with E-state index in [2.05, 4.69) is 55.5 Å². The fourth-order valence-electron chi connectivity index (χ4n) is 4.10. The number of rotatable bonds is 7. The minimum Gasteiger partial charge on any atom is -0.493 e. The number of benzene rings is 1. The lowest BCUT2D eigenvalue weighted by Crippen LogP contribution is -2.37. The molecule has 1 saturated heterocycles. The molecule has 1 fully saturated rings. The maximum absolute atomic E-state index is 6.16. The Morgan fingerprint density at radius 1 is 1.22 bits per heavy atom. The van der Waals surface area contributed by atoms with Crippen molar-refractivity contribution in [2.45, 2.75) is 58.7 Å². The zero-order chi connectivity index (χ0) is 21.5. The molecule has 0 bridgehead atoms. The molecule has 2 aliphatic heterocycles. The molecule has 2 N–H and O–H groups in total. The first-order valence-corrected chi connectivity index (χ1v) is 11.4. The first kappa shape index (κ1) is 24.8. The predicted octanol–water partition coefficient (Wildman–Crippen LogP) is 3.21. The van der Waals surface area contributed by atoms with Crippen LogP contribution in [0.25, 0.3) is 0 Å². The van der Waals surface area contributed by atoms with Gasteiger partial charge >= 0.3 is 0 Å². The molecule has 1 aromatic heterocycles. The lowest BCUT2D eigenvalue weighted by molar-refractivity contribution is 0.166. The first-order chi connectivity index (χ1) is 15.2. The Bertz CT molecular complexity index is 895. The second kappa shape index (κ2) is 12.4. The van der Waals surface area contributed by atoms with Gasteiger partial charge in [-0.1, -0.05) is 18.6 Å². The highest BCUT2D eigenvalue weighted by Gasteiger charge is 2.17. The van der Waals surface area contributed by atoms with Gasteiger partial charge in [-0.05, 0) is 37.8 Å². The highest BCUT2D eigenvalue weighted by Crippen LogP contribution is 2.22. The van der Waals surface area contributed by atoms with E-state index in [0.717, 1.165) is 61.5 Å². The van der Waals surface area contributed by atoms with E-state index < -0.39 is 0 Å². The van der Waals surface area contributed by atoms with Gasteiger partial charge in [-0.15, -0.1) is 34.2 Å². The molecule has 1 unspecified atom stereocenters. The number of guanidine groups is 1. The van der Waals surface area contributed by atoms with E-state index in [1.165, 1.54) is 24.8 Å². The van der Waals surface area contributed by atoms with Crippen LogP contribution in [0.15, 0.2) is 23.2 Å². The molecule has 1 aromatic carbocycles. The lowest BCUT2D eigenvalue weighted by Gasteiger charge is -2.17. The third kappa shape index (κ3) is 6.57. The second-order valence-electron chi connectivity index (χ2n) is 8.43. The molecule has 9 heteroatoms. The third-order valence-electron chi connectivity index (χ3n) is 5.99. The number of halogens is 1. The maximum Gasteiger partial charge on any atom is 0.191 e. The summed E-state index contributed by atoms with van der Waals surface area (Å²) in [4.78, 5) is 4.37. The van der Waals surface area contributed by atoms with E-state index in [9.17, 15) is 0 Å². The normalized spacial score (nSPS) is 18.4. The van der Waals surface area contributed by atoms with Crippen LogP contribution in [0.1, 0.15) is 48.5 Å². The summed E-state index contributed by atoms with van der Waals surface area (Å²) >= 11 is 0. The first-order valence-electron chi connectivity index (χ1n) is 11.4. The van der Waals surface area contributed by atoms with Gasteiger partial charge in [0.1, 0.15) is 11.6 Å². The fraction of sp³-hybridized carbons (Fsp3) is 0.609. The van der Waals surface area contributed by atoms with Gasteiger partial charge in [0.05, 0.1) is 19.8 Å². The number of nitrogens with zero attached hydrogens (tertiary/aromatic N) is 4. The Kier molecular flexibility index (Phi) is 9.58. The van der Waals surface area contributed by atoms with Gasteiger partial charge in [-0.3, -0.25) is 4.99 Å². The third-order valence-corrected chi connectivity index (χ3v) is 5.99. The van der Waals surface area contributed by atoms with Crippen LogP contribution in [0, 0.1) is 12.8 Å². The Morgan fingerprint density at radius 3 is 2.91 bits per heavy atom. The van der Waals surface area contributed by atoms with Crippen LogP contribution >= 0.6 is 24.0 Å². The Labute approximate surface area is 207 Å². The SMILES string of the molecule is CN=C(NCc1ccc(C)cc1OCC1CCOC1)NCc1nnc2n1CCCCC2.I. The van der Waals surface area contributed by atoms with E-state index in [0.29, 0.717) is 25.6 Å². The molecular weight excluding hydrogens is 519 g/mol. The van der Waals surface area contributed by atoms with Crippen LogP contribution in [-0.2, 0) is 30.8 Å². The fourth-order valence-corrected chi connectivity index (χ4v) is 4.10. The standard InChI is InChI=1S/C23H34N6O2.HI/c1-17-7-8-19(20(12-17)31-16-18-9-11-30-15-18)13-25-23(24-2)26-14-22-28-27-21-6-4-3-5-10-29(21)22;/h7-8,12,18H,3-6,9-11,13-16H2,1-2H3,(H2,24,25,26);1H. The van der Waals surface area contributed by atoms with Crippen LogP contribution < -0.4 is 15.4 Å². The number of aliphatic imine (C=N–C) groups is 1. The van der Waals surface area contributed by atoms with E-state index in [-0.39, 0.29) is 24.0 Å². The summed E-state index contributed by atoms with van der Waals surface area (Å²) in [6.07, 6.45) is 5.73. The molecule has 0 aliphatic carbocycles. The van der Waals surface area contributed by atoms with Crippen LogP contribution in [0.5, 0.6) is 5.75 Å². The van der Waals surface area contributed by atoms with E-state index in [1.807, 2.05) is 0 Å². The molecule has 3 heterocycles. The monoisotopic (exact) mass is 554 g/mol. The summed E-state index contributed by atoms with van der Waals surface area (Å²) in [5.41, 5.74) is 2.31. The smallest absolute Gasteiger partial charge is 0.191 e. The van der Waals surface area contributed by atoms with Gasteiger partial charge in [0.15, 0.2) is 11.8 Å². The average Bonchev–Trinajstić information content (AvgIpc) is 3.38. The molecular formula is C23H35IN6O2. The summed E-state index contributed by atoms with van der Waals surface area (Å²) in [6.45, 7) is 6.66. The molecule has 2 aromatic rings. The molecule has 32 heavy (non-hydrogen) atoms. The van der Waals surface area contributed by atoms with Crippen molar-refractivity contribution in [1.29, 1.82) is 0 Å². The highest BCUT2D eigenvalue weighted by molar-refractivity contribution is 14.0. The minimum atomic E-state index is 0. The van der Waals surface area contributed by atoms with Crippen LogP contribution in [-0.4, -0.2) is 47.6 Å². The van der Waals surface area contributed by atoms with Crippen molar-refractivity contribution in [1.82, 2.24) is 25.4 Å². The van der Waals surface area contributed by atoms with Crippen LogP contribution in [0.3, 0.4) is 0 Å². The second-order valence-corrected chi connectivity index (χ2v) is 8.43. The molecule has 0 radical (unpaired) electrons. The predicted molar refractivity (Wildman–Crippen MR) is 136 cm³/mol. The van der Waals surface area contributed by atoms with Gasteiger partial charge in [0.2, 0.25) is 0 Å². The van der Waals surface area contributed by atoms with Crippen LogP contribution in [0.2, 0.25) is 0 Å². The van der Waals surface area contributed by atoms with Crippen molar-refractivity contribution in [3.8, 4) is 5.75 Å². The van der Waals surface area contributed by atoms with E-state index in [4.69, 9.17) is 9.47 Å². The zero-order valence-electron chi connectivity index (χ0n) is 19.1. The van der Waals surface area contributed by atoms with Crippen molar-refractivity contribution in [3.05, 3.63) is 41.0 Å². The molecule has 2 aliphatic rings. The van der Waals surface area contributed by atoms with Crippen LogP contribution in [0.4, 0.5) is 0 Å². The van der Waals surface area contributed by atoms with Crippen molar-refractivity contribution in [3.63, 3.8) is 0 Å². The summed E-state index contributed by atoms with van der Waals surface area (Å²) in [5, 5.41) is 15.5. The largest absolute Gasteiger partial charge is 0.493 e. The number of hydrogen-bond donors (Lipinski definition) is 2. The number of ether oxygens (including phenoxy) is 2. The summed E-state index contributed by atoms with van der Waals surface area (Å²) in [7, 11) is 1.78.